The molecule has 0 aliphatic carbocycles. The lowest BCUT2D eigenvalue weighted by Gasteiger charge is -2.11. The second-order valence-electron chi connectivity index (χ2n) is 4.13. The molecule has 3 nitrogen and oxygen atoms in total. The molecule has 1 aromatic rings. The third-order valence-electron chi connectivity index (χ3n) is 2.01. The maximum atomic E-state index is 6.12. The zero-order chi connectivity index (χ0) is 13.1. The lowest BCUT2D eigenvalue weighted by molar-refractivity contribution is 0.394. The van der Waals surface area contributed by atoms with Crippen LogP contribution in [0.4, 0.5) is 0 Å². The number of nitrogens with two attached hydrogens (primary N) is 1. The fourth-order valence-corrected chi connectivity index (χ4v) is 1.54. The molecule has 0 bridgehead atoms. The van der Waals surface area contributed by atoms with Gasteiger partial charge in [0, 0.05) is 0 Å². The fourth-order valence-electron chi connectivity index (χ4n) is 1.22. The van der Waals surface area contributed by atoms with Crippen molar-refractivity contribution in [2.24, 2.45) is 5.73 Å². The maximum absolute atomic E-state index is 6.12. The summed E-state index contributed by atoms with van der Waals surface area (Å²) in [6, 6.07) is 3.54. The Balaban J connectivity index is 3.25. The summed E-state index contributed by atoms with van der Waals surface area (Å²) in [4.78, 5) is 0. The van der Waals surface area contributed by atoms with Gasteiger partial charge in [-0.2, -0.15) is 0 Å². The van der Waals surface area contributed by atoms with E-state index in [2.05, 4.69) is 11.8 Å². The summed E-state index contributed by atoms with van der Waals surface area (Å²) in [6.07, 6.45) is 0. The van der Waals surface area contributed by atoms with Crippen molar-refractivity contribution in [3.05, 3.63) is 22.7 Å². The zero-order valence-electron chi connectivity index (χ0n) is 10.4. The molecule has 0 fully saturated rings. The SMILES string of the molecule is COc1ccc(C#CC(C)(C)N)c(OC)c1Cl. The van der Waals surface area contributed by atoms with Gasteiger partial charge in [0.25, 0.3) is 0 Å². The lowest BCUT2D eigenvalue weighted by atomic mass is 10.1. The Morgan fingerprint density at radius 3 is 2.35 bits per heavy atom. The first-order valence-electron chi connectivity index (χ1n) is 5.11. The highest BCUT2D eigenvalue weighted by molar-refractivity contribution is 6.33. The number of hydrogen-bond acceptors (Lipinski definition) is 3. The van der Waals surface area contributed by atoms with Crippen molar-refractivity contribution in [3.8, 4) is 23.3 Å². The van der Waals surface area contributed by atoms with Gasteiger partial charge in [-0.25, -0.2) is 0 Å². The van der Waals surface area contributed by atoms with Gasteiger partial charge in [-0.3, -0.25) is 0 Å². The quantitative estimate of drug-likeness (QED) is 0.824. The van der Waals surface area contributed by atoms with Crippen molar-refractivity contribution in [2.45, 2.75) is 19.4 Å². The van der Waals surface area contributed by atoms with E-state index >= 15 is 0 Å². The molecular weight excluding hydrogens is 238 g/mol. The van der Waals surface area contributed by atoms with E-state index in [-0.39, 0.29) is 0 Å². The van der Waals surface area contributed by atoms with Gasteiger partial charge in [-0.1, -0.05) is 23.4 Å². The lowest BCUT2D eigenvalue weighted by Crippen LogP contribution is -2.29. The van der Waals surface area contributed by atoms with Crippen LogP contribution in [0.15, 0.2) is 12.1 Å². The molecular formula is C13H16ClNO2. The normalized spacial score (nSPS) is 10.5. The summed E-state index contributed by atoms with van der Waals surface area (Å²) in [5, 5.41) is 0.414. The van der Waals surface area contributed by atoms with E-state index in [0.29, 0.717) is 22.1 Å². The molecule has 17 heavy (non-hydrogen) atoms. The monoisotopic (exact) mass is 253 g/mol. The molecule has 0 radical (unpaired) electrons. The number of halogens is 1. The summed E-state index contributed by atoms with van der Waals surface area (Å²) in [5.74, 6) is 6.94. The predicted molar refractivity (Wildman–Crippen MR) is 69.7 cm³/mol. The third-order valence-corrected chi connectivity index (χ3v) is 2.36. The molecule has 0 saturated carbocycles. The molecule has 1 aromatic carbocycles. The first-order valence-corrected chi connectivity index (χ1v) is 5.49. The van der Waals surface area contributed by atoms with Gasteiger partial charge < -0.3 is 15.2 Å². The second-order valence-corrected chi connectivity index (χ2v) is 4.51. The third kappa shape index (κ3) is 3.55. The number of hydrogen-bond donors (Lipinski definition) is 1. The minimum Gasteiger partial charge on any atom is -0.495 e. The molecule has 92 valence electrons. The van der Waals surface area contributed by atoms with Gasteiger partial charge in [0.05, 0.1) is 25.3 Å². The van der Waals surface area contributed by atoms with E-state index in [1.54, 1.807) is 26.4 Å². The van der Waals surface area contributed by atoms with E-state index < -0.39 is 5.54 Å². The summed E-state index contributed by atoms with van der Waals surface area (Å²) in [6.45, 7) is 3.66. The van der Waals surface area contributed by atoms with Gasteiger partial charge in [0.1, 0.15) is 10.8 Å². The number of ether oxygens (including phenoxy) is 2. The Labute approximate surface area is 107 Å². The highest BCUT2D eigenvalue weighted by Crippen LogP contribution is 2.36. The van der Waals surface area contributed by atoms with E-state index in [1.165, 1.54) is 0 Å². The van der Waals surface area contributed by atoms with Crippen LogP contribution in [0.1, 0.15) is 19.4 Å². The molecule has 4 heteroatoms. The Morgan fingerprint density at radius 1 is 1.24 bits per heavy atom. The van der Waals surface area contributed by atoms with Crippen LogP contribution in [-0.4, -0.2) is 19.8 Å². The molecule has 0 spiro atoms. The van der Waals surface area contributed by atoms with Gasteiger partial charge in [-0.05, 0) is 26.0 Å². The second kappa shape index (κ2) is 5.31. The molecule has 0 amide bonds. The van der Waals surface area contributed by atoms with Crippen LogP contribution in [0.2, 0.25) is 5.02 Å². The van der Waals surface area contributed by atoms with Crippen LogP contribution < -0.4 is 15.2 Å². The standard InChI is InChI=1S/C13H16ClNO2/c1-13(2,15)8-7-9-5-6-10(16-3)11(14)12(9)17-4/h5-6H,15H2,1-4H3. The molecule has 0 aliphatic rings. The number of methoxy groups -OCH3 is 2. The topological polar surface area (TPSA) is 44.5 Å². The molecule has 2 N–H and O–H groups in total. The highest BCUT2D eigenvalue weighted by Gasteiger charge is 2.12. The van der Waals surface area contributed by atoms with Gasteiger partial charge in [0.2, 0.25) is 0 Å². The smallest absolute Gasteiger partial charge is 0.156 e. The molecule has 0 saturated heterocycles. The molecule has 1 rings (SSSR count). The molecule has 0 unspecified atom stereocenters. The number of rotatable bonds is 2. The predicted octanol–water partition coefficient (Wildman–Crippen LogP) is 2.45. The Morgan fingerprint density at radius 2 is 1.88 bits per heavy atom. The molecule has 0 heterocycles. The minimum absolute atomic E-state index is 0.414. The minimum atomic E-state index is -0.558. The van der Waals surface area contributed by atoms with E-state index in [4.69, 9.17) is 26.8 Å². The first kappa shape index (κ1) is 13.7. The van der Waals surface area contributed by atoms with Crippen molar-refractivity contribution in [2.75, 3.05) is 14.2 Å². The van der Waals surface area contributed by atoms with Crippen molar-refractivity contribution in [3.63, 3.8) is 0 Å². The number of benzene rings is 1. The average Bonchev–Trinajstić information content (AvgIpc) is 2.25. The summed E-state index contributed by atoms with van der Waals surface area (Å²) < 4.78 is 10.3. The average molecular weight is 254 g/mol. The molecule has 0 aliphatic heterocycles. The van der Waals surface area contributed by atoms with Gasteiger partial charge in [0.15, 0.2) is 5.75 Å². The fraction of sp³-hybridized carbons (Fsp3) is 0.385. The summed E-state index contributed by atoms with van der Waals surface area (Å²) in [7, 11) is 3.09. The zero-order valence-corrected chi connectivity index (χ0v) is 11.2. The van der Waals surface area contributed by atoms with Crippen LogP contribution in [0.25, 0.3) is 0 Å². The van der Waals surface area contributed by atoms with Crippen molar-refractivity contribution in [1.82, 2.24) is 0 Å². The first-order chi connectivity index (χ1) is 7.89. The van der Waals surface area contributed by atoms with Crippen LogP contribution in [0.3, 0.4) is 0 Å². The van der Waals surface area contributed by atoms with Gasteiger partial charge in [-0.15, -0.1) is 0 Å². The molecule has 0 aromatic heterocycles. The Bertz CT molecular complexity index is 467. The maximum Gasteiger partial charge on any atom is 0.156 e. The summed E-state index contributed by atoms with van der Waals surface area (Å²) >= 11 is 6.12. The Hall–Kier alpha value is -1.37. The van der Waals surface area contributed by atoms with E-state index in [0.717, 1.165) is 0 Å². The van der Waals surface area contributed by atoms with Crippen LogP contribution in [0.5, 0.6) is 11.5 Å². The van der Waals surface area contributed by atoms with Crippen molar-refractivity contribution in [1.29, 1.82) is 0 Å². The van der Waals surface area contributed by atoms with Crippen LogP contribution in [-0.2, 0) is 0 Å². The highest BCUT2D eigenvalue weighted by atomic mass is 35.5. The van der Waals surface area contributed by atoms with Gasteiger partial charge >= 0.3 is 0 Å². The summed E-state index contributed by atoms with van der Waals surface area (Å²) in [5.41, 5.74) is 5.93. The Kier molecular flexibility index (Phi) is 4.28. The van der Waals surface area contributed by atoms with Crippen molar-refractivity contribution < 1.29 is 9.47 Å². The van der Waals surface area contributed by atoms with Crippen LogP contribution in [0, 0.1) is 11.8 Å². The largest absolute Gasteiger partial charge is 0.495 e. The van der Waals surface area contributed by atoms with Crippen LogP contribution >= 0.6 is 11.6 Å². The van der Waals surface area contributed by atoms with E-state index in [9.17, 15) is 0 Å². The van der Waals surface area contributed by atoms with Crippen molar-refractivity contribution >= 4 is 11.6 Å². The molecule has 0 atom stereocenters. The van der Waals surface area contributed by atoms with E-state index in [1.807, 2.05) is 13.8 Å².